The highest BCUT2D eigenvalue weighted by atomic mass is 16.5. The van der Waals surface area contributed by atoms with Crippen LogP contribution in [0.4, 0.5) is 0 Å². The molecule has 92 valence electrons. The Balaban J connectivity index is 2.00. The second-order valence-corrected chi connectivity index (χ2v) is 3.69. The average molecular weight is 229 g/mol. The first-order valence-corrected chi connectivity index (χ1v) is 5.50. The van der Waals surface area contributed by atoms with Crippen molar-refractivity contribution in [2.75, 3.05) is 33.4 Å². The van der Waals surface area contributed by atoms with Crippen LogP contribution in [-0.4, -0.2) is 51.2 Å². The zero-order valence-electron chi connectivity index (χ0n) is 9.54. The molecule has 1 aliphatic rings. The Labute approximate surface area is 95.1 Å². The van der Waals surface area contributed by atoms with Gasteiger partial charge in [0.2, 0.25) is 11.8 Å². The molecule has 0 aromatic rings. The summed E-state index contributed by atoms with van der Waals surface area (Å²) in [7, 11) is 1.65. The Morgan fingerprint density at radius 1 is 1.50 bits per heavy atom. The molecule has 1 fully saturated rings. The molecule has 16 heavy (non-hydrogen) atoms. The minimum Gasteiger partial charge on any atom is -0.383 e. The van der Waals surface area contributed by atoms with E-state index in [1.165, 1.54) is 0 Å². The van der Waals surface area contributed by atoms with Crippen molar-refractivity contribution >= 4 is 11.8 Å². The summed E-state index contributed by atoms with van der Waals surface area (Å²) in [5.41, 5.74) is 0. The number of carbonyl (C=O) groups excluding carboxylic acids is 2. The summed E-state index contributed by atoms with van der Waals surface area (Å²) in [6.07, 6.45) is 1.05. The van der Waals surface area contributed by atoms with Crippen molar-refractivity contribution in [3.8, 4) is 0 Å². The van der Waals surface area contributed by atoms with E-state index in [1.807, 2.05) is 0 Å². The molecule has 1 heterocycles. The molecule has 0 saturated carbocycles. The van der Waals surface area contributed by atoms with Crippen LogP contribution in [0.5, 0.6) is 0 Å². The minimum atomic E-state index is -0.341. The van der Waals surface area contributed by atoms with E-state index < -0.39 is 0 Å². The van der Waals surface area contributed by atoms with Crippen LogP contribution in [-0.2, 0) is 14.3 Å². The number of methoxy groups -OCH3 is 1. The minimum absolute atomic E-state index is 0.0432. The average Bonchev–Trinajstić information content (AvgIpc) is 2.70. The summed E-state index contributed by atoms with van der Waals surface area (Å²) in [5, 5.41) is 8.50. The monoisotopic (exact) mass is 229 g/mol. The Morgan fingerprint density at radius 3 is 2.94 bits per heavy atom. The molecule has 1 saturated heterocycles. The zero-order chi connectivity index (χ0) is 11.8. The molecule has 0 spiro atoms. The van der Waals surface area contributed by atoms with Gasteiger partial charge in [0.1, 0.15) is 6.04 Å². The van der Waals surface area contributed by atoms with Crippen molar-refractivity contribution in [1.29, 1.82) is 0 Å². The predicted molar refractivity (Wildman–Crippen MR) is 58.9 cm³/mol. The van der Waals surface area contributed by atoms with Crippen molar-refractivity contribution < 1.29 is 14.3 Å². The lowest BCUT2D eigenvalue weighted by atomic mass is 10.2. The number of rotatable bonds is 7. The number of ether oxygens (including phenoxy) is 1. The lowest BCUT2D eigenvalue weighted by Crippen LogP contribution is -2.43. The molecule has 6 heteroatoms. The highest BCUT2D eigenvalue weighted by Crippen LogP contribution is 2.05. The SMILES string of the molecule is COCCNCCNC(=O)[C@@H]1CCC(=O)N1. The van der Waals surface area contributed by atoms with Gasteiger partial charge in [-0.2, -0.15) is 0 Å². The fraction of sp³-hybridized carbons (Fsp3) is 0.800. The molecular formula is C10H19N3O3. The molecule has 1 aliphatic heterocycles. The van der Waals surface area contributed by atoms with E-state index in [9.17, 15) is 9.59 Å². The van der Waals surface area contributed by atoms with Gasteiger partial charge in [0.25, 0.3) is 0 Å². The lowest BCUT2D eigenvalue weighted by molar-refractivity contribution is -0.125. The summed E-state index contributed by atoms with van der Waals surface area (Å²) in [6, 6.07) is -0.341. The summed E-state index contributed by atoms with van der Waals surface area (Å²) in [4.78, 5) is 22.4. The van der Waals surface area contributed by atoms with Crippen molar-refractivity contribution in [3.05, 3.63) is 0 Å². The quantitative estimate of drug-likeness (QED) is 0.470. The molecule has 0 bridgehead atoms. The van der Waals surface area contributed by atoms with Crippen molar-refractivity contribution in [2.45, 2.75) is 18.9 Å². The molecule has 0 aromatic carbocycles. The maximum atomic E-state index is 11.5. The first-order valence-electron chi connectivity index (χ1n) is 5.50. The number of nitrogens with one attached hydrogen (secondary N) is 3. The van der Waals surface area contributed by atoms with Gasteiger partial charge in [0.15, 0.2) is 0 Å². The Bertz CT molecular complexity index is 245. The lowest BCUT2D eigenvalue weighted by Gasteiger charge is -2.11. The molecule has 0 aliphatic carbocycles. The van der Waals surface area contributed by atoms with E-state index in [-0.39, 0.29) is 17.9 Å². The molecule has 1 atom stereocenters. The van der Waals surface area contributed by atoms with Gasteiger partial charge < -0.3 is 20.7 Å². The summed E-state index contributed by atoms with van der Waals surface area (Å²) < 4.78 is 4.87. The Morgan fingerprint density at radius 2 is 2.31 bits per heavy atom. The van der Waals surface area contributed by atoms with E-state index in [0.717, 1.165) is 6.54 Å². The van der Waals surface area contributed by atoms with Gasteiger partial charge >= 0.3 is 0 Å². The number of hydrogen-bond acceptors (Lipinski definition) is 4. The number of hydrogen-bond donors (Lipinski definition) is 3. The number of carbonyl (C=O) groups is 2. The molecular weight excluding hydrogens is 210 g/mol. The summed E-state index contributed by atoms with van der Waals surface area (Å²) in [5.74, 6) is -0.141. The van der Waals surface area contributed by atoms with Gasteiger partial charge in [-0.05, 0) is 6.42 Å². The van der Waals surface area contributed by atoms with Crippen molar-refractivity contribution in [3.63, 3.8) is 0 Å². The highest BCUT2D eigenvalue weighted by Gasteiger charge is 2.26. The number of amides is 2. The van der Waals surface area contributed by atoms with Gasteiger partial charge in [-0.1, -0.05) is 0 Å². The van der Waals surface area contributed by atoms with Gasteiger partial charge in [-0.3, -0.25) is 9.59 Å². The van der Waals surface area contributed by atoms with Crippen LogP contribution in [0.15, 0.2) is 0 Å². The maximum Gasteiger partial charge on any atom is 0.242 e. The third-order valence-electron chi connectivity index (χ3n) is 2.40. The first kappa shape index (κ1) is 12.9. The second kappa shape index (κ2) is 7.19. The van der Waals surface area contributed by atoms with Crippen LogP contribution >= 0.6 is 0 Å². The van der Waals surface area contributed by atoms with E-state index in [4.69, 9.17) is 4.74 Å². The fourth-order valence-corrected chi connectivity index (χ4v) is 1.51. The summed E-state index contributed by atoms with van der Waals surface area (Å²) in [6.45, 7) is 2.70. The molecule has 6 nitrogen and oxygen atoms in total. The van der Waals surface area contributed by atoms with Crippen LogP contribution in [0.2, 0.25) is 0 Å². The van der Waals surface area contributed by atoms with Gasteiger partial charge in [-0.15, -0.1) is 0 Å². The third-order valence-corrected chi connectivity index (χ3v) is 2.40. The largest absolute Gasteiger partial charge is 0.383 e. The Hall–Kier alpha value is -1.14. The van der Waals surface area contributed by atoms with Crippen molar-refractivity contribution in [2.24, 2.45) is 0 Å². The van der Waals surface area contributed by atoms with Crippen molar-refractivity contribution in [1.82, 2.24) is 16.0 Å². The molecule has 3 N–H and O–H groups in total. The molecule has 0 radical (unpaired) electrons. The topological polar surface area (TPSA) is 79.5 Å². The van der Waals surface area contributed by atoms with E-state index in [1.54, 1.807) is 7.11 Å². The van der Waals surface area contributed by atoms with Crippen LogP contribution < -0.4 is 16.0 Å². The van der Waals surface area contributed by atoms with Crippen LogP contribution in [0.25, 0.3) is 0 Å². The Kier molecular flexibility index (Phi) is 5.81. The normalized spacial score (nSPS) is 19.6. The highest BCUT2D eigenvalue weighted by molar-refractivity contribution is 5.90. The molecule has 0 aromatic heterocycles. The maximum absolute atomic E-state index is 11.5. The standard InChI is InChI=1S/C10H19N3O3/c1-16-7-6-11-4-5-12-10(15)8-2-3-9(14)13-8/h8,11H,2-7H2,1H3,(H,12,15)(H,13,14)/t8-/m0/s1. The van der Waals surface area contributed by atoms with Crippen LogP contribution in [0, 0.1) is 0 Å². The van der Waals surface area contributed by atoms with E-state index in [0.29, 0.717) is 32.5 Å². The summed E-state index contributed by atoms with van der Waals surface area (Å²) >= 11 is 0. The van der Waals surface area contributed by atoms with Gasteiger partial charge in [-0.25, -0.2) is 0 Å². The van der Waals surface area contributed by atoms with E-state index in [2.05, 4.69) is 16.0 Å². The van der Waals surface area contributed by atoms with Crippen LogP contribution in [0.3, 0.4) is 0 Å². The van der Waals surface area contributed by atoms with Gasteiger partial charge in [0, 0.05) is 33.2 Å². The van der Waals surface area contributed by atoms with Gasteiger partial charge in [0.05, 0.1) is 6.61 Å². The predicted octanol–water partition coefficient (Wildman–Crippen LogP) is -1.38. The second-order valence-electron chi connectivity index (χ2n) is 3.69. The molecule has 2 amide bonds. The van der Waals surface area contributed by atoms with Crippen LogP contribution in [0.1, 0.15) is 12.8 Å². The first-order chi connectivity index (χ1) is 7.74. The third kappa shape index (κ3) is 4.59. The van der Waals surface area contributed by atoms with E-state index >= 15 is 0 Å². The zero-order valence-corrected chi connectivity index (χ0v) is 9.54. The molecule has 1 rings (SSSR count). The fourth-order valence-electron chi connectivity index (χ4n) is 1.51. The smallest absolute Gasteiger partial charge is 0.242 e. The molecule has 0 unspecified atom stereocenters.